The third-order valence-electron chi connectivity index (χ3n) is 7.34. The smallest absolute Gasteiger partial charge is 0.187 e. The van der Waals surface area contributed by atoms with Crippen molar-refractivity contribution in [2.45, 2.75) is 39.0 Å². The number of ether oxygens (including phenoxy) is 2. The minimum atomic E-state index is 0.591. The summed E-state index contributed by atoms with van der Waals surface area (Å²) in [6.07, 6.45) is 8.40. The molecule has 1 aliphatic heterocycles. The van der Waals surface area contributed by atoms with Gasteiger partial charge in [-0.15, -0.1) is 22.7 Å². The minimum absolute atomic E-state index is 0.591. The predicted octanol–water partition coefficient (Wildman–Crippen LogP) is 11.4. The number of aryl methyl sites for hydroxylation is 1. The van der Waals surface area contributed by atoms with Crippen molar-refractivity contribution in [2.24, 2.45) is 0 Å². The van der Waals surface area contributed by atoms with E-state index in [4.69, 9.17) is 9.47 Å². The van der Waals surface area contributed by atoms with E-state index in [1.807, 2.05) is 11.3 Å². The normalized spacial score (nSPS) is 12.3. The number of thiophene rings is 2. The van der Waals surface area contributed by atoms with Gasteiger partial charge < -0.3 is 9.47 Å². The van der Waals surface area contributed by atoms with Gasteiger partial charge in [0, 0.05) is 9.75 Å². The Balaban J connectivity index is 1.35. The second-order valence-electron chi connectivity index (χ2n) is 10.2. The van der Waals surface area contributed by atoms with Crippen LogP contribution in [-0.4, -0.2) is 13.2 Å². The highest BCUT2D eigenvalue weighted by Crippen LogP contribution is 2.54. The van der Waals surface area contributed by atoms with Crippen molar-refractivity contribution in [3.05, 3.63) is 117 Å². The van der Waals surface area contributed by atoms with Gasteiger partial charge in [0.15, 0.2) is 11.5 Å². The molecule has 5 aromatic rings. The molecule has 2 nitrogen and oxygen atoms in total. The quantitative estimate of drug-likeness (QED) is 0.112. The summed E-state index contributed by atoms with van der Waals surface area (Å²) in [6, 6.07) is 32.7. The molecule has 3 aromatic carbocycles. The Bertz CT molecular complexity index is 1570. The highest BCUT2D eigenvalue weighted by atomic mass is 79.9. The van der Waals surface area contributed by atoms with Gasteiger partial charge in [-0.05, 0) is 74.3 Å². The van der Waals surface area contributed by atoms with Crippen LogP contribution in [0.1, 0.15) is 54.9 Å². The number of halogens is 1. The molecule has 2 aromatic heterocycles. The van der Waals surface area contributed by atoms with Gasteiger partial charge in [-0.3, -0.25) is 0 Å². The molecule has 0 radical (unpaired) electrons. The maximum Gasteiger partial charge on any atom is 0.187 e. The second-order valence-corrected chi connectivity index (χ2v) is 13.6. The van der Waals surface area contributed by atoms with E-state index in [1.165, 1.54) is 68.8 Å². The van der Waals surface area contributed by atoms with Gasteiger partial charge in [0.1, 0.15) is 17.0 Å². The third-order valence-corrected chi connectivity index (χ3v) is 10.5. The first-order valence-electron chi connectivity index (χ1n) is 14.3. The fourth-order valence-corrected chi connectivity index (χ4v) is 8.27. The van der Waals surface area contributed by atoms with Crippen LogP contribution in [0.3, 0.4) is 0 Å². The average Bonchev–Trinajstić information content (AvgIpc) is 3.60. The Morgan fingerprint density at radius 3 is 2.07 bits per heavy atom. The van der Waals surface area contributed by atoms with Gasteiger partial charge in [0.25, 0.3) is 0 Å². The van der Waals surface area contributed by atoms with Crippen LogP contribution >= 0.6 is 38.6 Å². The molecule has 0 atom stereocenters. The minimum Gasteiger partial charge on any atom is -0.485 e. The molecule has 6 rings (SSSR count). The van der Waals surface area contributed by atoms with E-state index in [-0.39, 0.29) is 0 Å². The lowest BCUT2D eigenvalue weighted by molar-refractivity contribution is 0.173. The molecule has 0 N–H and O–H groups in total. The van der Waals surface area contributed by atoms with E-state index in [2.05, 4.69) is 120 Å². The summed E-state index contributed by atoms with van der Waals surface area (Å²) in [6.45, 7) is 3.45. The molecular formula is C36H33BrO2S2. The van der Waals surface area contributed by atoms with E-state index < -0.39 is 0 Å². The Kier molecular flexibility index (Phi) is 9.05. The first-order valence-corrected chi connectivity index (χ1v) is 16.8. The molecule has 0 saturated carbocycles. The van der Waals surface area contributed by atoms with Gasteiger partial charge >= 0.3 is 0 Å². The first kappa shape index (κ1) is 28.0. The predicted molar refractivity (Wildman–Crippen MR) is 179 cm³/mol. The van der Waals surface area contributed by atoms with Crippen molar-refractivity contribution in [1.29, 1.82) is 0 Å². The van der Waals surface area contributed by atoms with Gasteiger partial charge in [-0.25, -0.2) is 0 Å². The summed E-state index contributed by atoms with van der Waals surface area (Å²) in [5.41, 5.74) is 7.55. The molecule has 41 heavy (non-hydrogen) atoms. The standard InChI is InChI=1S/C36H33BrO2S2/c1-2-3-4-7-16-29-24-31(35-32-33(36(37)41-35)39-22-21-38-32)40-34(29)28-19-17-25(18-20-28)23-30(26-12-8-5-9-13-26)27-14-10-6-11-15-27/h5-6,8-15,17-20,23-24H,2-4,7,16,21-22H2,1H3. The molecule has 208 valence electrons. The molecule has 0 spiro atoms. The SMILES string of the molecule is CCCCCCc1cc(-c2sc(Br)c3c2OCCO3)sc1-c1ccc(C=C(c2ccccc2)c2ccccc2)cc1. The summed E-state index contributed by atoms with van der Waals surface area (Å²) >= 11 is 7.28. The average molecular weight is 642 g/mol. The highest BCUT2D eigenvalue weighted by molar-refractivity contribution is 9.11. The fraction of sp³-hybridized carbons (Fsp3) is 0.222. The number of unbranched alkanes of at least 4 members (excludes halogenated alkanes) is 3. The van der Waals surface area contributed by atoms with E-state index in [0.29, 0.717) is 13.2 Å². The van der Waals surface area contributed by atoms with E-state index in [9.17, 15) is 0 Å². The van der Waals surface area contributed by atoms with Crippen LogP contribution < -0.4 is 9.47 Å². The molecule has 0 bridgehead atoms. The van der Waals surface area contributed by atoms with Crippen molar-refractivity contribution >= 4 is 50.3 Å². The van der Waals surface area contributed by atoms with Crippen LogP contribution in [0.25, 0.3) is 31.8 Å². The Morgan fingerprint density at radius 1 is 0.756 bits per heavy atom. The second kappa shape index (κ2) is 13.2. The van der Waals surface area contributed by atoms with Gasteiger partial charge in [0.05, 0.1) is 4.88 Å². The molecule has 3 heterocycles. The van der Waals surface area contributed by atoms with Crippen LogP contribution in [-0.2, 0) is 6.42 Å². The lowest BCUT2D eigenvalue weighted by Gasteiger charge is -2.16. The zero-order valence-electron chi connectivity index (χ0n) is 23.2. The van der Waals surface area contributed by atoms with Crippen molar-refractivity contribution in [3.63, 3.8) is 0 Å². The molecule has 0 unspecified atom stereocenters. The molecule has 0 aliphatic carbocycles. The Morgan fingerprint density at radius 2 is 1.41 bits per heavy atom. The fourth-order valence-electron chi connectivity index (χ4n) is 5.26. The molecule has 0 amide bonds. The summed E-state index contributed by atoms with van der Waals surface area (Å²) in [7, 11) is 0. The van der Waals surface area contributed by atoms with Gasteiger partial charge in [-0.1, -0.05) is 111 Å². The third kappa shape index (κ3) is 6.38. The number of rotatable bonds is 10. The van der Waals surface area contributed by atoms with Gasteiger partial charge in [0.2, 0.25) is 0 Å². The lowest BCUT2D eigenvalue weighted by atomic mass is 9.95. The molecule has 1 aliphatic rings. The monoisotopic (exact) mass is 640 g/mol. The van der Waals surface area contributed by atoms with Crippen molar-refractivity contribution in [3.8, 4) is 31.7 Å². The maximum absolute atomic E-state index is 6.08. The highest BCUT2D eigenvalue weighted by Gasteiger charge is 2.26. The molecule has 5 heteroatoms. The molecular weight excluding hydrogens is 608 g/mol. The van der Waals surface area contributed by atoms with Crippen molar-refractivity contribution in [1.82, 2.24) is 0 Å². The van der Waals surface area contributed by atoms with E-state index in [0.717, 1.165) is 26.6 Å². The summed E-state index contributed by atoms with van der Waals surface area (Å²) in [5, 5.41) is 0. The number of hydrogen-bond acceptors (Lipinski definition) is 4. The summed E-state index contributed by atoms with van der Waals surface area (Å²) in [5.74, 6) is 1.73. The Hall–Kier alpha value is -3.12. The largest absolute Gasteiger partial charge is 0.485 e. The van der Waals surface area contributed by atoms with Crippen LogP contribution in [0.15, 0.2) is 94.8 Å². The van der Waals surface area contributed by atoms with E-state index in [1.54, 1.807) is 11.3 Å². The molecule has 0 saturated heterocycles. The molecule has 0 fully saturated rings. The Labute approximate surface area is 259 Å². The number of hydrogen-bond donors (Lipinski definition) is 0. The van der Waals surface area contributed by atoms with Crippen LogP contribution in [0, 0.1) is 0 Å². The summed E-state index contributed by atoms with van der Waals surface area (Å²) in [4.78, 5) is 3.77. The zero-order valence-corrected chi connectivity index (χ0v) is 26.4. The van der Waals surface area contributed by atoms with Gasteiger partial charge in [-0.2, -0.15) is 0 Å². The lowest BCUT2D eigenvalue weighted by Crippen LogP contribution is -2.14. The topological polar surface area (TPSA) is 18.5 Å². The number of fused-ring (bicyclic) bond motifs is 1. The van der Waals surface area contributed by atoms with Crippen molar-refractivity contribution < 1.29 is 9.47 Å². The number of benzene rings is 3. The van der Waals surface area contributed by atoms with Crippen molar-refractivity contribution in [2.75, 3.05) is 13.2 Å². The van der Waals surface area contributed by atoms with E-state index >= 15 is 0 Å². The van der Waals surface area contributed by atoms with Crippen LogP contribution in [0.4, 0.5) is 0 Å². The first-order chi connectivity index (χ1) is 20.2. The zero-order chi connectivity index (χ0) is 28.0. The van der Waals surface area contributed by atoms with Crippen LogP contribution in [0.2, 0.25) is 0 Å². The summed E-state index contributed by atoms with van der Waals surface area (Å²) < 4.78 is 13.0. The van der Waals surface area contributed by atoms with Crippen LogP contribution in [0.5, 0.6) is 11.5 Å². The maximum atomic E-state index is 6.08.